The van der Waals surface area contributed by atoms with Gasteiger partial charge in [-0.3, -0.25) is 9.69 Å². The topological polar surface area (TPSA) is 68.0 Å². The van der Waals surface area contributed by atoms with E-state index in [4.69, 9.17) is 14.0 Å². The summed E-state index contributed by atoms with van der Waals surface area (Å²) in [4.78, 5) is 16.9. The third kappa shape index (κ3) is 4.34. The lowest BCUT2D eigenvalue weighted by Gasteiger charge is -2.36. The zero-order valence-electron chi connectivity index (χ0n) is 14.6. The van der Waals surface area contributed by atoms with Crippen LogP contribution in [0.1, 0.15) is 36.5 Å². The molecule has 0 aliphatic carbocycles. The number of hydrogen-bond acceptors (Lipinski definition) is 6. The lowest BCUT2D eigenvalue weighted by atomic mass is 10.0. The summed E-state index contributed by atoms with van der Waals surface area (Å²) in [5, 5.41) is 4.01. The molecule has 0 aromatic carbocycles. The molecule has 1 aromatic rings. The molecule has 2 fully saturated rings. The molecule has 3 rings (SSSR count). The van der Waals surface area contributed by atoms with Gasteiger partial charge in [0.25, 0.3) is 5.91 Å². The summed E-state index contributed by atoms with van der Waals surface area (Å²) in [6.45, 7) is 10.0. The number of aromatic nitrogens is 1. The van der Waals surface area contributed by atoms with Gasteiger partial charge in [-0.1, -0.05) is 19.0 Å². The number of morpholine rings is 2. The van der Waals surface area contributed by atoms with Gasteiger partial charge in [0.1, 0.15) is 0 Å². The van der Waals surface area contributed by atoms with E-state index in [-0.39, 0.29) is 11.9 Å². The third-order valence-corrected chi connectivity index (χ3v) is 4.49. The first-order chi connectivity index (χ1) is 11.6. The first kappa shape index (κ1) is 17.4. The van der Waals surface area contributed by atoms with Crippen LogP contribution >= 0.6 is 0 Å². The molecule has 24 heavy (non-hydrogen) atoms. The van der Waals surface area contributed by atoms with Crippen LogP contribution in [0, 0.1) is 5.92 Å². The van der Waals surface area contributed by atoms with E-state index in [1.54, 1.807) is 6.07 Å². The summed E-state index contributed by atoms with van der Waals surface area (Å²) in [5.41, 5.74) is 0.397. The van der Waals surface area contributed by atoms with E-state index in [1.165, 1.54) is 0 Å². The quantitative estimate of drug-likeness (QED) is 0.809. The van der Waals surface area contributed by atoms with E-state index < -0.39 is 0 Å². The SMILES string of the molecule is CC(C)C[C@H]1COCCN1C(=O)c1cc(CN2CCOCC2)on1. The molecule has 0 N–H and O–H groups in total. The molecule has 0 bridgehead atoms. The number of ether oxygens (including phenoxy) is 2. The van der Waals surface area contributed by atoms with Crippen molar-refractivity contribution in [3.63, 3.8) is 0 Å². The highest BCUT2D eigenvalue weighted by Gasteiger charge is 2.30. The van der Waals surface area contributed by atoms with Crippen molar-refractivity contribution in [1.82, 2.24) is 15.0 Å². The molecule has 1 atom stereocenters. The Morgan fingerprint density at radius 1 is 1.25 bits per heavy atom. The van der Waals surface area contributed by atoms with Gasteiger partial charge < -0.3 is 18.9 Å². The standard InChI is InChI=1S/C17H27N3O4/c1-13(2)9-14-12-23-8-5-20(14)17(21)16-10-15(24-18-16)11-19-3-6-22-7-4-19/h10,13-14H,3-9,11-12H2,1-2H3/t14-/m0/s1. The first-order valence-corrected chi connectivity index (χ1v) is 8.78. The largest absolute Gasteiger partial charge is 0.379 e. The fraction of sp³-hybridized carbons (Fsp3) is 0.765. The summed E-state index contributed by atoms with van der Waals surface area (Å²) >= 11 is 0. The van der Waals surface area contributed by atoms with E-state index in [9.17, 15) is 4.79 Å². The molecule has 2 saturated heterocycles. The van der Waals surface area contributed by atoms with E-state index in [0.717, 1.165) is 38.5 Å². The fourth-order valence-corrected chi connectivity index (χ4v) is 3.28. The minimum Gasteiger partial charge on any atom is -0.379 e. The van der Waals surface area contributed by atoms with Crippen LogP contribution in [0.25, 0.3) is 0 Å². The van der Waals surface area contributed by atoms with Gasteiger partial charge in [-0.25, -0.2) is 0 Å². The number of amides is 1. The molecule has 0 saturated carbocycles. The van der Waals surface area contributed by atoms with Crippen LogP contribution in [0.4, 0.5) is 0 Å². The van der Waals surface area contributed by atoms with Gasteiger partial charge in [0, 0.05) is 25.7 Å². The maximum atomic E-state index is 12.8. The van der Waals surface area contributed by atoms with Gasteiger partial charge in [0.15, 0.2) is 11.5 Å². The number of hydrogen-bond donors (Lipinski definition) is 0. The van der Waals surface area contributed by atoms with Gasteiger partial charge >= 0.3 is 0 Å². The smallest absolute Gasteiger partial charge is 0.276 e. The Morgan fingerprint density at radius 3 is 2.75 bits per heavy atom. The van der Waals surface area contributed by atoms with Crippen LogP contribution in [0.2, 0.25) is 0 Å². The Balaban J connectivity index is 1.63. The molecule has 0 unspecified atom stereocenters. The molecule has 7 heteroatoms. The summed E-state index contributed by atoms with van der Waals surface area (Å²) in [7, 11) is 0. The average molecular weight is 337 g/mol. The van der Waals surface area contributed by atoms with Gasteiger partial charge in [-0.15, -0.1) is 0 Å². The van der Waals surface area contributed by atoms with Crippen molar-refractivity contribution in [2.45, 2.75) is 32.9 Å². The normalized spacial score (nSPS) is 23.0. The van der Waals surface area contributed by atoms with Crippen molar-refractivity contribution in [3.8, 4) is 0 Å². The van der Waals surface area contributed by atoms with Gasteiger partial charge in [0.2, 0.25) is 0 Å². The van der Waals surface area contributed by atoms with Crippen LogP contribution < -0.4 is 0 Å². The molecule has 0 spiro atoms. The zero-order chi connectivity index (χ0) is 16.9. The Labute approximate surface area is 142 Å². The Kier molecular flexibility index (Phi) is 5.86. The second kappa shape index (κ2) is 8.09. The predicted octanol–water partition coefficient (Wildman–Crippen LogP) is 1.39. The zero-order valence-corrected chi connectivity index (χ0v) is 14.6. The van der Waals surface area contributed by atoms with Crippen LogP contribution in [-0.4, -0.2) is 73.0 Å². The monoisotopic (exact) mass is 337 g/mol. The average Bonchev–Trinajstić information content (AvgIpc) is 3.03. The van der Waals surface area contributed by atoms with Gasteiger partial charge in [0.05, 0.1) is 39.0 Å². The maximum absolute atomic E-state index is 12.8. The highest BCUT2D eigenvalue weighted by molar-refractivity contribution is 5.92. The number of rotatable bonds is 5. The first-order valence-electron chi connectivity index (χ1n) is 8.78. The van der Waals surface area contributed by atoms with Crippen molar-refractivity contribution < 1.29 is 18.8 Å². The molecule has 134 valence electrons. The second-order valence-electron chi connectivity index (χ2n) is 6.92. The maximum Gasteiger partial charge on any atom is 0.276 e. The molecule has 7 nitrogen and oxygen atoms in total. The summed E-state index contributed by atoms with van der Waals surface area (Å²) in [6, 6.07) is 1.89. The van der Waals surface area contributed by atoms with Crippen molar-refractivity contribution in [2.75, 3.05) is 46.1 Å². The van der Waals surface area contributed by atoms with Crippen molar-refractivity contribution in [1.29, 1.82) is 0 Å². The Bertz CT molecular complexity index is 540. The summed E-state index contributed by atoms with van der Waals surface area (Å²) in [6.07, 6.45) is 0.935. The van der Waals surface area contributed by atoms with Crippen LogP contribution in [0.15, 0.2) is 10.6 Å². The molecule has 0 radical (unpaired) electrons. The van der Waals surface area contributed by atoms with E-state index in [2.05, 4.69) is 23.9 Å². The van der Waals surface area contributed by atoms with Crippen molar-refractivity contribution in [2.24, 2.45) is 5.92 Å². The van der Waals surface area contributed by atoms with Crippen LogP contribution in [0.3, 0.4) is 0 Å². The van der Waals surface area contributed by atoms with Crippen LogP contribution in [-0.2, 0) is 16.0 Å². The number of carbonyl (C=O) groups is 1. The fourth-order valence-electron chi connectivity index (χ4n) is 3.28. The van der Waals surface area contributed by atoms with Gasteiger partial charge in [-0.05, 0) is 12.3 Å². The van der Waals surface area contributed by atoms with Gasteiger partial charge in [-0.2, -0.15) is 0 Å². The Hall–Kier alpha value is -1.44. The van der Waals surface area contributed by atoms with Crippen molar-refractivity contribution >= 4 is 5.91 Å². The Morgan fingerprint density at radius 2 is 2.00 bits per heavy atom. The number of carbonyl (C=O) groups excluding carboxylic acids is 1. The molecule has 3 heterocycles. The highest BCUT2D eigenvalue weighted by atomic mass is 16.5. The summed E-state index contributed by atoms with van der Waals surface area (Å²) < 4.78 is 16.3. The van der Waals surface area contributed by atoms with Crippen LogP contribution in [0.5, 0.6) is 0 Å². The van der Waals surface area contributed by atoms with E-state index >= 15 is 0 Å². The van der Waals surface area contributed by atoms with Crippen molar-refractivity contribution in [3.05, 3.63) is 17.5 Å². The predicted molar refractivity (Wildman–Crippen MR) is 87.7 cm³/mol. The van der Waals surface area contributed by atoms with E-state index in [1.807, 2.05) is 4.90 Å². The summed E-state index contributed by atoms with van der Waals surface area (Å²) in [5.74, 6) is 1.19. The lowest BCUT2D eigenvalue weighted by Crippen LogP contribution is -2.49. The molecular formula is C17H27N3O4. The molecule has 1 amide bonds. The minimum atomic E-state index is -0.0547. The molecule has 2 aliphatic rings. The third-order valence-electron chi connectivity index (χ3n) is 4.49. The minimum absolute atomic E-state index is 0.0547. The highest BCUT2D eigenvalue weighted by Crippen LogP contribution is 2.19. The molecule has 2 aliphatic heterocycles. The lowest BCUT2D eigenvalue weighted by molar-refractivity contribution is -0.00794. The molecular weight excluding hydrogens is 310 g/mol. The second-order valence-corrected chi connectivity index (χ2v) is 6.92. The van der Waals surface area contributed by atoms with E-state index in [0.29, 0.717) is 37.9 Å². The molecule has 1 aromatic heterocycles. The number of nitrogens with zero attached hydrogens (tertiary/aromatic N) is 3.